The molecule has 0 bridgehead atoms. The van der Waals surface area contributed by atoms with Gasteiger partial charge in [0.2, 0.25) is 5.91 Å². The maximum atomic E-state index is 12.0. The average Bonchev–Trinajstić information content (AvgIpc) is 2.86. The molecule has 1 amide bonds. The first kappa shape index (κ1) is 12.4. The van der Waals surface area contributed by atoms with Crippen molar-refractivity contribution in [3.05, 3.63) is 0 Å². The number of amides is 1. The van der Waals surface area contributed by atoms with Gasteiger partial charge in [0.25, 0.3) is 0 Å². The average molecular weight is 239 g/mol. The third kappa shape index (κ3) is 2.79. The number of rotatable bonds is 3. The predicted octanol–water partition coefficient (Wildman–Crippen LogP) is 1.79. The first-order valence-electron chi connectivity index (χ1n) is 6.43. The molecule has 2 aliphatic carbocycles. The summed E-state index contributed by atoms with van der Waals surface area (Å²) in [5, 5.41) is 12.0. The first-order valence-corrected chi connectivity index (χ1v) is 6.43. The Bertz CT molecular complexity index is 330. The van der Waals surface area contributed by atoms with E-state index in [0.717, 1.165) is 19.3 Å². The summed E-state index contributed by atoms with van der Waals surface area (Å²) in [7, 11) is 0. The zero-order valence-electron chi connectivity index (χ0n) is 10.5. The van der Waals surface area contributed by atoms with Crippen LogP contribution < -0.4 is 5.32 Å². The van der Waals surface area contributed by atoms with Gasteiger partial charge in [0.15, 0.2) is 0 Å². The summed E-state index contributed by atoms with van der Waals surface area (Å²) in [6.45, 7) is 4.30. The van der Waals surface area contributed by atoms with Crippen molar-refractivity contribution in [1.82, 2.24) is 5.32 Å². The van der Waals surface area contributed by atoms with E-state index < -0.39 is 5.97 Å². The van der Waals surface area contributed by atoms with E-state index in [1.165, 1.54) is 0 Å². The van der Waals surface area contributed by atoms with Crippen LogP contribution in [0.15, 0.2) is 0 Å². The van der Waals surface area contributed by atoms with Gasteiger partial charge >= 0.3 is 5.97 Å². The van der Waals surface area contributed by atoms with Gasteiger partial charge in [-0.25, -0.2) is 0 Å². The number of hydrogen-bond acceptors (Lipinski definition) is 2. The molecule has 0 saturated heterocycles. The van der Waals surface area contributed by atoms with Crippen LogP contribution in [0.4, 0.5) is 0 Å². The molecular weight excluding hydrogens is 218 g/mol. The SMILES string of the molecule is CC1(C)CC1NC(=O)C1CCC(C(=O)O)CC1. The largest absolute Gasteiger partial charge is 0.481 e. The zero-order valence-corrected chi connectivity index (χ0v) is 10.5. The van der Waals surface area contributed by atoms with Crippen molar-refractivity contribution in [3.63, 3.8) is 0 Å². The number of carboxylic acids is 1. The number of carbonyl (C=O) groups is 2. The molecular formula is C13H21NO3. The minimum absolute atomic E-state index is 0.0296. The molecule has 0 radical (unpaired) electrons. The van der Waals surface area contributed by atoms with Crippen molar-refractivity contribution in [2.45, 2.75) is 52.0 Å². The second-order valence-corrected chi connectivity index (χ2v) is 6.14. The van der Waals surface area contributed by atoms with E-state index in [0.29, 0.717) is 18.9 Å². The van der Waals surface area contributed by atoms with Crippen molar-refractivity contribution >= 4 is 11.9 Å². The third-order valence-corrected chi connectivity index (χ3v) is 4.28. The van der Waals surface area contributed by atoms with Crippen molar-refractivity contribution in [2.75, 3.05) is 0 Å². The number of hydrogen-bond donors (Lipinski definition) is 2. The molecule has 2 fully saturated rings. The Kier molecular flexibility index (Phi) is 3.15. The van der Waals surface area contributed by atoms with Crippen molar-refractivity contribution < 1.29 is 14.7 Å². The van der Waals surface area contributed by atoms with Crippen molar-refractivity contribution in [1.29, 1.82) is 0 Å². The molecule has 2 N–H and O–H groups in total. The van der Waals surface area contributed by atoms with Gasteiger partial charge in [0.1, 0.15) is 0 Å². The predicted molar refractivity (Wildman–Crippen MR) is 63.4 cm³/mol. The Labute approximate surface area is 102 Å². The molecule has 1 unspecified atom stereocenters. The lowest BCUT2D eigenvalue weighted by Crippen LogP contribution is -2.36. The van der Waals surface area contributed by atoms with Crippen LogP contribution in [0.2, 0.25) is 0 Å². The number of carbonyl (C=O) groups excluding carboxylic acids is 1. The summed E-state index contributed by atoms with van der Waals surface area (Å²) >= 11 is 0. The van der Waals surface area contributed by atoms with E-state index in [2.05, 4.69) is 19.2 Å². The fourth-order valence-corrected chi connectivity index (χ4v) is 2.61. The molecule has 0 aromatic rings. The maximum Gasteiger partial charge on any atom is 0.306 e. The van der Waals surface area contributed by atoms with Crippen LogP contribution in [-0.4, -0.2) is 23.0 Å². The van der Waals surface area contributed by atoms with Crippen molar-refractivity contribution in [2.24, 2.45) is 17.3 Å². The molecule has 17 heavy (non-hydrogen) atoms. The highest BCUT2D eigenvalue weighted by Crippen LogP contribution is 2.45. The van der Waals surface area contributed by atoms with Crippen LogP contribution in [0.1, 0.15) is 46.0 Å². The Morgan fingerprint density at radius 2 is 1.59 bits per heavy atom. The molecule has 96 valence electrons. The van der Waals surface area contributed by atoms with Gasteiger partial charge in [-0.3, -0.25) is 9.59 Å². The molecule has 2 rings (SSSR count). The lowest BCUT2D eigenvalue weighted by molar-refractivity contribution is -0.144. The van der Waals surface area contributed by atoms with Gasteiger partial charge in [0, 0.05) is 12.0 Å². The van der Waals surface area contributed by atoms with E-state index in [1.807, 2.05) is 0 Å². The van der Waals surface area contributed by atoms with Gasteiger partial charge in [-0.1, -0.05) is 13.8 Å². The fraction of sp³-hybridized carbons (Fsp3) is 0.846. The van der Waals surface area contributed by atoms with E-state index in [9.17, 15) is 9.59 Å². The number of aliphatic carboxylic acids is 1. The molecule has 0 aliphatic heterocycles. The van der Waals surface area contributed by atoms with Crippen LogP contribution in [0, 0.1) is 17.3 Å². The second-order valence-electron chi connectivity index (χ2n) is 6.14. The van der Waals surface area contributed by atoms with Crippen LogP contribution in [-0.2, 0) is 9.59 Å². The smallest absolute Gasteiger partial charge is 0.306 e. The van der Waals surface area contributed by atoms with Crippen LogP contribution >= 0.6 is 0 Å². The Morgan fingerprint density at radius 3 is 2.00 bits per heavy atom. The first-order chi connectivity index (χ1) is 7.90. The second kappa shape index (κ2) is 4.31. The van der Waals surface area contributed by atoms with E-state index in [-0.39, 0.29) is 23.2 Å². The molecule has 0 aromatic carbocycles. The number of nitrogens with one attached hydrogen (secondary N) is 1. The van der Waals surface area contributed by atoms with Gasteiger partial charge < -0.3 is 10.4 Å². The lowest BCUT2D eigenvalue weighted by Gasteiger charge is -2.25. The summed E-state index contributed by atoms with van der Waals surface area (Å²) in [5.74, 6) is -0.796. The minimum Gasteiger partial charge on any atom is -0.481 e. The van der Waals surface area contributed by atoms with Crippen LogP contribution in [0.3, 0.4) is 0 Å². The molecule has 4 nitrogen and oxygen atoms in total. The molecule has 0 spiro atoms. The Morgan fingerprint density at radius 1 is 1.12 bits per heavy atom. The van der Waals surface area contributed by atoms with Gasteiger partial charge in [-0.05, 0) is 37.5 Å². The summed E-state index contributed by atoms with van der Waals surface area (Å²) in [5.41, 5.74) is 0.258. The highest BCUT2D eigenvalue weighted by molar-refractivity contribution is 5.80. The Hall–Kier alpha value is -1.06. The van der Waals surface area contributed by atoms with Crippen LogP contribution in [0.5, 0.6) is 0 Å². The maximum absolute atomic E-state index is 12.0. The summed E-state index contributed by atoms with van der Waals surface area (Å²) < 4.78 is 0. The standard InChI is InChI=1S/C13H21NO3/c1-13(2)7-10(13)14-11(15)8-3-5-9(6-4-8)12(16)17/h8-10H,3-7H2,1-2H3,(H,14,15)(H,16,17). The molecule has 4 heteroatoms. The summed E-state index contributed by atoms with van der Waals surface area (Å²) in [6.07, 6.45) is 3.78. The van der Waals surface area contributed by atoms with Gasteiger partial charge in [-0.2, -0.15) is 0 Å². The fourth-order valence-electron chi connectivity index (χ4n) is 2.61. The number of carboxylic acid groups (broad SMARTS) is 1. The molecule has 2 aliphatic rings. The Balaban J connectivity index is 1.77. The highest BCUT2D eigenvalue weighted by Gasteiger charge is 2.47. The van der Waals surface area contributed by atoms with Gasteiger partial charge in [-0.15, -0.1) is 0 Å². The third-order valence-electron chi connectivity index (χ3n) is 4.28. The van der Waals surface area contributed by atoms with E-state index in [1.54, 1.807) is 0 Å². The zero-order chi connectivity index (χ0) is 12.6. The quantitative estimate of drug-likeness (QED) is 0.789. The highest BCUT2D eigenvalue weighted by atomic mass is 16.4. The summed E-state index contributed by atoms with van der Waals surface area (Å²) in [6, 6.07) is 0.326. The van der Waals surface area contributed by atoms with E-state index >= 15 is 0 Å². The van der Waals surface area contributed by atoms with Crippen molar-refractivity contribution in [3.8, 4) is 0 Å². The molecule has 2 saturated carbocycles. The van der Waals surface area contributed by atoms with Gasteiger partial charge in [0.05, 0.1) is 5.92 Å². The topological polar surface area (TPSA) is 66.4 Å². The molecule has 1 atom stereocenters. The summed E-state index contributed by atoms with van der Waals surface area (Å²) in [4.78, 5) is 22.8. The normalized spacial score (nSPS) is 35.1. The molecule has 0 aromatic heterocycles. The van der Waals surface area contributed by atoms with Crippen LogP contribution in [0.25, 0.3) is 0 Å². The lowest BCUT2D eigenvalue weighted by atomic mass is 9.81. The molecule has 0 heterocycles. The monoisotopic (exact) mass is 239 g/mol. The minimum atomic E-state index is -0.716. The van der Waals surface area contributed by atoms with E-state index in [4.69, 9.17) is 5.11 Å².